The van der Waals surface area contributed by atoms with Gasteiger partial charge in [-0.25, -0.2) is 13.2 Å². The fourth-order valence-electron chi connectivity index (χ4n) is 3.24. The zero-order valence-corrected chi connectivity index (χ0v) is 18.0. The van der Waals surface area contributed by atoms with Gasteiger partial charge in [0.1, 0.15) is 5.58 Å². The first-order valence-corrected chi connectivity index (χ1v) is 11.1. The van der Waals surface area contributed by atoms with Crippen LogP contribution in [0, 0.1) is 6.92 Å². The van der Waals surface area contributed by atoms with E-state index in [0.717, 1.165) is 11.6 Å². The molecular weight excluding hydrogens is 406 g/mol. The third kappa shape index (κ3) is 4.09. The maximum Gasteiger partial charge on any atom is 0.339 e. The molecule has 1 atom stereocenters. The molecule has 0 aliphatic rings. The molecule has 0 saturated heterocycles. The SMILES string of the molecule is CCS(=O)(=O)c1cc(=O)c2cc(C)cc(C(C)Nc3ccccc3C(=O)OC)c2o1. The maximum absolute atomic E-state index is 12.6. The summed E-state index contributed by atoms with van der Waals surface area (Å²) in [6.07, 6.45) is 0. The third-order valence-corrected chi connectivity index (χ3v) is 6.41. The number of sulfone groups is 1. The highest BCUT2D eigenvalue weighted by molar-refractivity contribution is 7.91. The molecule has 0 spiro atoms. The number of ether oxygens (including phenoxy) is 1. The summed E-state index contributed by atoms with van der Waals surface area (Å²) in [7, 11) is -2.39. The molecule has 8 heteroatoms. The van der Waals surface area contributed by atoms with Crippen LogP contribution in [0.1, 0.15) is 41.4 Å². The Labute approximate surface area is 174 Å². The first-order valence-electron chi connectivity index (χ1n) is 9.43. The van der Waals surface area contributed by atoms with E-state index < -0.39 is 27.3 Å². The molecule has 0 bridgehead atoms. The van der Waals surface area contributed by atoms with Crippen molar-refractivity contribution < 1.29 is 22.4 Å². The predicted octanol–water partition coefficient (Wildman–Crippen LogP) is 3.85. The molecule has 0 radical (unpaired) electrons. The Morgan fingerprint density at radius 3 is 2.57 bits per heavy atom. The van der Waals surface area contributed by atoms with Gasteiger partial charge in [0.15, 0.2) is 5.43 Å². The minimum Gasteiger partial charge on any atom is -0.465 e. The van der Waals surface area contributed by atoms with Gasteiger partial charge in [0.25, 0.3) is 0 Å². The van der Waals surface area contributed by atoms with Crippen molar-refractivity contribution in [1.82, 2.24) is 0 Å². The predicted molar refractivity (Wildman–Crippen MR) is 115 cm³/mol. The molecule has 1 heterocycles. The van der Waals surface area contributed by atoms with Crippen molar-refractivity contribution in [2.75, 3.05) is 18.2 Å². The van der Waals surface area contributed by atoms with Gasteiger partial charge in [0.2, 0.25) is 14.9 Å². The smallest absolute Gasteiger partial charge is 0.339 e. The Kier molecular flexibility index (Phi) is 5.98. The number of hydrogen-bond donors (Lipinski definition) is 1. The van der Waals surface area contributed by atoms with Crippen molar-refractivity contribution in [1.29, 1.82) is 0 Å². The Balaban J connectivity index is 2.16. The summed E-state index contributed by atoms with van der Waals surface area (Å²) in [6, 6.07) is 11.0. The highest BCUT2D eigenvalue weighted by Gasteiger charge is 2.21. The minimum atomic E-state index is -3.69. The summed E-state index contributed by atoms with van der Waals surface area (Å²) in [6.45, 7) is 5.17. The zero-order chi connectivity index (χ0) is 22.1. The Bertz CT molecular complexity index is 1280. The van der Waals surface area contributed by atoms with Crippen molar-refractivity contribution in [2.24, 2.45) is 0 Å². The van der Waals surface area contributed by atoms with Crippen LogP contribution in [0.2, 0.25) is 0 Å². The second-order valence-electron chi connectivity index (χ2n) is 6.97. The minimum absolute atomic E-state index is 0.178. The molecule has 0 saturated carbocycles. The lowest BCUT2D eigenvalue weighted by Gasteiger charge is -2.19. The number of hydrogen-bond acceptors (Lipinski definition) is 7. The van der Waals surface area contributed by atoms with Crippen LogP contribution in [0.15, 0.2) is 56.8 Å². The Morgan fingerprint density at radius 1 is 1.20 bits per heavy atom. The quantitative estimate of drug-likeness (QED) is 0.594. The van der Waals surface area contributed by atoms with Gasteiger partial charge in [-0.05, 0) is 37.6 Å². The van der Waals surface area contributed by atoms with E-state index in [1.165, 1.54) is 14.0 Å². The number of aryl methyl sites for hydroxylation is 1. The number of fused-ring (bicyclic) bond motifs is 1. The average molecular weight is 429 g/mol. The van der Waals surface area contributed by atoms with E-state index in [0.29, 0.717) is 22.2 Å². The average Bonchev–Trinajstić information content (AvgIpc) is 2.73. The monoisotopic (exact) mass is 429 g/mol. The van der Waals surface area contributed by atoms with Gasteiger partial charge < -0.3 is 14.5 Å². The van der Waals surface area contributed by atoms with Crippen molar-refractivity contribution in [3.05, 3.63) is 69.4 Å². The van der Waals surface area contributed by atoms with Crippen molar-refractivity contribution in [2.45, 2.75) is 31.9 Å². The summed E-state index contributed by atoms with van der Waals surface area (Å²) in [5, 5.41) is 3.19. The van der Waals surface area contributed by atoms with E-state index in [1.807, 2.05) is 19.9 Å². The normalized spacial score (nSPS) is 12.5. The molecule has 30 heavy (non-hydrogen) atoms. The molecule has 3 rings (SSSR count). The van der Waals surface area contributed by atoms with Crippen LogP contribution >= 0.6 is 0 Å². The fraction of sp³-hybridized carbons (Fsp3) is 0.273. The number of rotatable bonds is 6. The molecule has 1 unspecified atom stereocenters. The van der Waals surface area contributed by atoms with Crippen LogP contribution in [0.5, 0.6) is 0 Å². The van der Waals surface area contributed by atoms with Crippen LogP contribution in [0.4, 0.5) is 5.69 Å². The number of nitrogens with one attached hydrogen (secondary N) is 1. The van der Waals surface area contributed by atoms with Gasteiger partial charge in [-0.15, -0.1) is 0 Å². The molecule has 0 aliphatic carbocycles. The van der Waals surface area contributed by atoms with Gasteiger partial charge in [0, 0.05) is 17.3 Å². The summed E-state index contributed by atoms with van der Waals surface area (Å²) in [4.78, 5) is 24.7. The number of carbonyl (C=O) groups excluding carboxylic acids is 1. The number of benzene rings is 2. The molecule has 0 aliphatic heterocycles. The Morgan fingerprint density at radius 2 is 1.90 bits per heavy atom. The van der Waals surface area contributed by atoms with Crippen molar-refractivity contribution >= 4 is 32.5 Å². The van der Waals surface area contributed by atoms with Gasteiger partial charge in [-0.2, -0.15) is 0 Å². The van der Waals surface area contributed by atoms with E-state index in [9.17, 15) is 18.0 Å². The third-order valence-electron chi connectivity index (χ3n) is 4.84. The lowest BCUT2D eigenvalue weighted by atomic mass is 10.0. The number of para-hydroxylation sites is 1. The van der Waals surface area contributed by atoms with E-state index in [-0.39, 0.29) is 16.4 Å². The lowest BCUT2D eigenvalue weighted by Crippen LogP contribution is -2.14. The van der Waals surface area contributed by atoms with Crippen LogP contribution in [0.3, 0.4) is 0 Å². The highest BCUT2D eigenvalue weighted by atomic mass is 32.2. The van der Waals surface area contributed by atoms with Crippen LogP contribution in [0.25, 0.3) is 11.0 Å². The summed E-state index contributed by atoms with van der Waals surface area (Å²) in [5.74, 6) is -0.662. The second-order valence-corrected chi connectivity index (χ2v) is 9.18. The number of esters is 1. The van der Waals surface area contributed by atoms with E-state index in [1.54, 1.807) is 30.3 Å². The number of methoxy groups -OCH3 is 1. The van der Waals surface area contributed by atoms with E-state index in [4.69, 9.17) is 9.15 Å². The number of anilines is 1. The summed E-state index contributed by atoms with van der Waals surface area (Å²) >= 11 is 0. The molecule has 1 aromatic heterocycles. The highest BCUT2D eigenvalue weighted by Crippen LogP contribution is 2.30. The van der Waals surface area contributed by atoms with Gasteiger partial charge in [-0.1, -0.05) is 25.1 Å². The van der Waals surface area contributed by atoms with Crippen molar-refractivity contribution in [3.8, 4) is 0 Å². The largest absolute Gasteiger partial charge is 0.465 e. The van der Waals surface area contributed by atoms with Gasteiger partial charge >= 0.3 is 5.97 Å². The van der Waals surface area contributed by atoms with E-state index in [2.05, 4.69) is 5.32 Å². The molecule has 3 aromatic rings. The molecule has 1 N–H and O–H groups in total. The van der Waals surface area contributed by atoms with Crippen LogP contribution in [-0.4, -0.2) is 27.2 Å². The standard InChI is InChI=1S/C22H23NO6S/c1-5-30(26,27)20-12-19(24)17-11-13(2)10-16(21(17)29-20)14(3)23-18-9-7-6-8-15(18)22(25)28-4/h6-12,14,23H,5H2,1-4H3. The van der Waals surface area contributed by atoms with Crippen molar-refractivity contribution in [3.63, 3.8) is 0 Å². The fourth-order valence-corrected chi connectivity index (χ4v) is 4.02. The van der Waals surface area contributed by atoms with Crippen LogP contribution in [-0.2, 0) is 14.6 Å². The topological polar surface area (TPSA) is 103 Å². The molecule has 0 amide bonds. The number of carbonyl (C=O) groups is 1. The molecular formula is C22H23NO6S. The van der Waals surface area contributed by atoms with Crippen LogP contribution < -0.4 is 10.7 Å². The molecule has 2 aromatic carbocycles. The van der Waals surface area contributed by atoms with E-state index >= 15 is 0 Å². The lowest BCUT2D eigenvalue weighted by molar-refractivity contribution is 0.0601. The van der Waals surface area contributed by atoms with Gasteiger partial charge in [0.05, 0.1) is 29.9 Å². The molecule has 158 valence electrons. The zero-order valence-electron chi connectivity index (χ0n) is 17.2. The first kappa shape index (κ1) is 21.6. The molecule has 7 nitrogen and oxygen atoms in total. The van der Waals surface area contributed by atoms with Gasteiger partial charge in [-0.3, -0.25) is 4.79 Å². The summed E-state index contributed by atoms with van der Waals surface area (Å²) in [5.41, 5.74) is 2.12. The first-order chi connectivity index (χ1) is 14.2. The summed E-state index contributed by atoms with van der Waals surface area (Å²) < 4.78 is 35.1. The maximum atomic E-state index is 12.6. The second kappa shape index (κ2) is 8.31. The molecule has 0 fully saturated rings. The Hall–Kier alpha value is -3.13.